The molecule has 0 aliphatic rings. The lowest BCUT2D eigenvalue weighted by atomic mass is 9.88. The molecular formula is C20H24N2O3. The Bertz CT molecular complexity index is 714. The second-order valence-corrected chi connectivity index (χ2v) is 6.22. The van der Waals surface area contributed by atoms with E-state index >= 15 is 0 Å². The number of carbonyl (C=O) groups is 2. The third-order valence-electron chi connectivity index (χ3n) is 4.02. The number of rotatable bonds is 8. The van der Waals surface area contributed by atoms with Crippen LogP contribution in [0, 0.1) is 5.92 Å². The SMILES string of the molecule is CC(C)C(CNC(=O)c1ccccc1OCC(N)=O)c1ccccc1. The molecule has 0 bridgehead atoms. The molecule has 0 heterocycles. The van der Waals surface area contributed by atoms with Gasteiger partial charge in [-0.25, -0.2) is 0 Å². The summed E-state index contributed by atoms with van der Waals surface area (Å²) in [4.78, 5) is 23.5. The summed E-state index contributed by atoms with van der Waals surface area (Å²) in [6.45, 7) is 4.52. The Morgan fingerprint density at radius 1 is 1.04 bits per heavy atom. The molecule has 0 aliphatic heterocycles. The van der Waals surface area contributed by atoms with Crippen molar-refractivity contribution >= 4 is 11.8 Å². The summed E-state index contributed by atoms with van der Waals surface area (Å²) in [5, 5.41) is 2.97. The van der Waals surface area contributed by atoms with E-state index in [0.717, 1.165) is 0 Å². The first kappa shape index (κ1) is 18.5. The molecular weight excluding hydrogens is 316 g/mol. The van der Waals surface area contributed by atoms with Crippen LogP contribution in [0.2, 0.25) is 0 Å². The van der Waals surface area contributed by atoms with Crippen LogP contribution in [-0.2, 0) is 4.79 Å². The van der Waals surface area contributed by atoms with E-state index in [1.807, 2.05) is 18.2 Å². The zero-order valence-corrected chi connectivity index (χ0v) is 14.6. The summed E-state index contributed by atoms with van der Waals surface area (Å²) in [6.07, 6.45) is 0. The Morgan fingerprint density at radius 3 is 2.32 bits per heavy atom. The van der Waals surface area contributed by atoms with Crippen LogP contribution in [-0.4, -0.2) is 25.0 Å². The van der Waals surface area contributed by atoms with Gasteiger partial charge in [-0.05, 0) is 23.6 Å². The van der Waals surface area contributed by atoms with Gasteiger partial charge < -0.3 is 15.8 Å². The molecule has 132 valence electrons. The van der Waals surface area contributed by atoms with E-state index in [2.05, 4.69) is 31.3 Å². The predicted molar refractivity (Wildman–Crippen MR) is 97.5 cm³/mol. The minimum absolute atomic E-state index is 0.212. The number of carbonyl (C=O) groups excluding carboxylic acids is 2. The van der Waals surface area contributed by atoms with E-state index in [1.165, 1.54) is 5.56 Å². The van der Waals surface area contributed by atoms with Gasteiger partial charge in [0.25, 0.3) is 11.8 Å². The smallest absolute Gasteiger partial charge is 0.255 e. The van der Waals surface area contributed by atoms with Gasteiger partial charge in [0.05, 0.1) is 5.56 Å². The van der Waals surface area contributed by atoms with E-state index in [0.29, 0.717) is 23.8 Å². The second-order valence-electron chi connectivity index (χ2n) is 6.22. The van der Waals surface area contributed by atoms with Gasteiger partial charge >= 0.3 is 0 Å². The largest absolute Gasteiger partial charge is 0.483 e. The number of nitrogens with two attached hydrogens (primary N) is 1. The normalized spacial score (nSPS) is 11.8. The van der Waals surface area contributed by atoms with E-state index < -0.39 is 5.91 Å². The van der Waals surface area contributed by atoms with E-state index in [1.54, 1.807) is 24.3 Å². The van der Waals surface area contributed by atoms with Crippen molar-refractivity contribution in [2.24, 2.45) is 11.7 Å². The molecule has 2 amide bonds. The Balaban J connectivity index is 2.07. The van der Waals surface area contributed by atoms with Crippen LogP contribution in [0.1, 0.15) is 35.7 Å². The molecule has 5 nitrogen and oxygen atoms in total. The summed E-state index contributed by atoms with van der Waals surface area (Å²) < 4.78 is 5.32. The number of hydrogen-bond acceptors (Lipinski definition) is 3. The minimum Gasteiger partial charge on any atom is -0.483 e. The lowest BCUT2D eigenvalue weighted by molar-refractivity contribution is -0.119. The van der Waals surface area contributed by atoms with Crippen molar-refractivity contribution in [2.75, 3.05) is 13.2 Å². The number of para-hydroxylation sites is 1. The molecule has 5 heteroatoms. The number of benzene rings is 2. The molecule has 2 rings (SSSR count). The molecule has 0 spiro atoms. The van der Waals surface area contributed by atoms with Crippen molar-refractivity contribution in [3.05, 3.63) is 65.7 Å². The summed E-state index contributed by atoms with van der Waals surface area (Å²) in [5.41, 5.74) is 6.68. The zero-order valence-electron chi connectivity index (χ0n) is 14.6. The van der Waals surface area contributed by atoms with Crippen molar-refractivity contribution in [1.29, 1.82) is 0 Å². The average molecular weight is 340 g/mol. The fourth-order valence-electron chi connectivity index (χ4n) is 2.67. The highest BCUT2D eigenvalue weighted by Crippen LogP contribution is 2.24. The molecule has 0 fully saturated rings. The summed E-state index contributed by atoms with van der Waals surface area (Å²) in [7, 11) is 0. The first-order chi connectivity index (χ1) is 12.0. The molecule has 0 saturated carbocycles. The highest BCUT2D eigenvalue weighted by atomic mass is 16.5. The van der Waals surface area contributed by atoms with Gasteiger partial charge in [-0.15, -0.1) is 0 Å². The fraction of sp³-hybridized carbons (Fsp3) is 0.300. The molecule has 0 radical (unpaired) electrons. The van der Waals surface area contributed by atoms with Crippen LogP contribution < -0.4 is 15.8 Å². The Morgan fingerprint density at radius 2 is 1.68 bits per heavy atom. The monoisotopic (exact) mass is 340 g/mol. The summed E-state index contributed by atoms with van der Waals surface area (Å²) in [6, 6.07) is 16.9. The van der Waals surface area contributed by atoms with Gasteiger partial charge in [-0.1, -0.05) is 56.3 Å². The van der Waals surface area contributed by atoms with Crippen LogP contribution in [0.4, 0.5) is 0 Å². The maximum absolute atomic E-state index is 12.6. The first-order valence-electron chi connectivity index (χ1n) is 8.32. The molecule has 0 aromatic heterocycles. The van der Waals surface area contributed by atoms with Gasteiger partial charge in [0, 0.05) is 12.5 Å². The van der Waals surface area contributed by atoms with Gasteiger partial charge in [0.1, 0.15) is 5.75 Å². The van der Waals surface area contributed by atoms with Crippen molar-refractivity contribution < 1.29 is 14.3 Å². The van der Waals surface area contributed by atoms with Gasteiger partial charge in [-0.2, -0.15) is 0 Å². The van der Waals surface area contributed by atoms with E-state index in [9.17, 15) is 9.59 Å². The van der Waals surface area contributed by atoms with E-state index in [-0.39, 0.29) is 18.4 Å². The van der Waals surface area contributed by atoms with Crippen LogP contribution in [0.5, 0.6) is 5.75 Å². The molecule has 0 aliphatic carbocycles. The highest BCUT2D eigenvalue weighted by Gasteiger charge is 2.18. The predicted octanol–water partition coefficient (Wildman–Crippen LogP) is 2.72. The lowest BCUT2D eigenvalue weighted by Crippen LogP contribution is -2.31. The van der Waals surface area contributed by atoms with Gasteiger partial charge in [0.2, 0.25) is 0 Å². The van der Waals surface area contributed by atoms with Crippen LogP contribution in [0.15, 0.2) is 54.6 Å². The lowest BCUT2D eigenvalue weighted by Gasteiger charge is -2.22. The third-order valence-corrected chi connectivity index (χ3v) is 4.02. The third kappa shape index (κ3) is 5.35. The number of ether oxygens (including phenoxy) is 1. The van der Waals surface area contributed by atoms with Crippen molar-refractivity contribution in [1.82, 2.24) is 5.32 Å². The van der Waals surface area contributed by atoms with Crippen LogP contribution >= 0.6 is 0 Å². The molecule has 1 unspecified atom stereocenters. The summed E-state index contributed by atoms with van der Waals surface area (Å²) >= 11 is 0. The first-order valence-corrected chi connectivity index (χ1v) is 8.32. The maximum atomic E-state index is 12.6. The van der Waals surface area contributed by atoms with Crippen molar-refractivity contribution in [2.45, 2.75) is 19.8 Å². The highest BCUT2D eigenvalue weighted by molar-refractivity contribution is 5.97. The molecule has 2 aromatic rings. The summed E-state index contributed by atoms with van der Waals surface area (Å²) in [5.74, 6) is 0.119. The van der Waals surface area contributed by atoms with Gasteiger partial charge in [-0.3, -0.25) is 9.59 Å². The van der Waals surface area contributed by atoms with Crippen LogP contribution in [0.3, 0.4) is 0 Å². The molecule has 0 saturated heterocycles. The number of primary amides is 1. The molecule has 1 atom stereocenters. The van der Waals surface area contributed by atoms with Crippen molar-refractivity contribution in [3.63, 3.8) is 0 Å². The Kier molecular flexibility index (Phi) is 6.57. The fourth-order valence-corrected chi connectivity index (χ4v) is 2.67. The quantitative estimate of drug-likeness (QED) is 0.775. The Hall–Kier alpha value is -2.82. The number of amides is 2. The minimum atomic E-state index is -0.584. The van der Waals surface area contributed by atoms with Crippen LogP contribution in [0.25, 0.3) is 0 Å². The van der Waals surface area contributed by atoms with Gasteiger partial charge in [0.15, 0.2) is 6.61 Å². The molecule has 2 aromatic carbocycles. The average Bonchev–Trinajstić information content (AvgIpc) is 2.61. The molecule has 25 heavy (non-hydrogen) atoms. The van der Waals surface area contributed by atoms with Crippen molar-refractivity contribution in [3.8, 4) is 5.75 Å². The Labute approximate surface area is 148 Å². The zero-order chi connectivity index (χ0) is 18.2. The second kappa shape index (κ2) is 8.87. The van der Waals surface area contributed by atoms with E-state index in [4.69, 9.17) is 10.5 Å². The topological polar surface area (TPSA) is 81.4 Å². The molecule has 3 N–H and O–H groups in total. The maximum Gasteiger partial charge on any atom is 0.255 e. The number of hydrogen-bond donors (Lipinski definition) is 2. The standard InChI is InChI=1S/C20H24N2O3/c1-14(2)17(15-8-4-3-5-9-15)12-22-20(24)16-10-6-7-11-18(16)25-13-19(21)23/h3-11,14,17H,12-13H2,1-2H3,(H2,21,23)(H,22,24). The number of nitrogens with one attached hydrogen (secondary N) is 1.